The average molecular weight is 291 g/mol. The molecule has 0 aliphatic carbocycles. The molecule has 0 fully saturated rings. The molecule has 0 aliphatic rings. The summed E-state index contributed by atoms with van der Waals surface area (Å²) in [5.74, 6) is -0.538. The fourth-order valence-corrected chi connectivity index (χ4v) is 2.03. The number of benzene rings is 2. The van der Waals surface area contributed by atoms with Crippen molar-refractivity contribution in [1.29, 1.82) is 0 Å². The van der Waals surface area contributed by atoms with Crippen LogP contribution in [0.15, 0.2) is 42.5 Å². The van der Waals surface area contributed by atoms with Crippen molar-refractivity contribution >= 4 is 0 Å². The third-order valence-electron chi connectivity index (χ3n) is 3.27. The zero-order valence-corrected chi connectivity index (χ0v) is 12.0. The lowest BCUT2D eigenvalue weighted by Gasteiger charge is -2.10. The molecule has 0 saturated heterocycles. The summed E-state index contributed by atoms with van der Waals surface area (Å²) in [4.78, 5) is 0. The first-order valence-electron chi connectivity index (χ1n) is 6.99. The minimum absolute atomic E-state index is 0.127. The molecule has 2 rings (SSSR count). The van der Waals surface area contributed by atoms with Gasteiger partial charge in [0.2, 0.25) is 0 Å². The SMILES string of the molecule is CCC(N)Cc1ccc(OCc2cc(F)cc(F)c2)cc1. The Labute approximate surface area is 123 Å². The Balaban J connectivity index is 1.94. The second kappa shape index (κ2) is 7.18. The number of ether oxygens (including phenoxy) is 1. The number of rotatable bonds is 6. The maximum absolute atomic E-state index is 13.1. The molecule has 4 heteroatoms. The van der Waals surface area contributed by atoms with Gasteiger partial charge >= 0.3 is 0 Å². The zero-order chi connectivity index (χ0) is 15.2. The molecule has 0 aromatic heterocycles. The van der Waals surface area contributed by atoms with E-state index in [1.54, 1.807) is 0 Å². The fraction of sp³-hybridized carbons (Fsp3) is 0.294. The van der Waals surface area contributed by atoms with Gasteiger partial charge in [0.15, 0.2) is 0 Å². The lowest BCUT2D eigenvalue weighted by Crippen LogP contribution is -2.21. The van der Waals surface area contributed by atoms with Gasteiger partial charge in [-0.2, -0.15) is 0 Å². The zero-order valence-electron chi connectivity index (χ0n) is 12.0. The first-order valence-corrected chi connectivity index (χ1v) is 6.99. The molecule has 2 aromatic rings. The Morgan fingerprint density at radius 3 is 2.19 bits per heavy atom. The summed E-state index contributed by atoms with van der Waals surface area (Å²) < 4.78 is 31.6. The average Bonchev–Trinajstić information content (AvgIpc) is 2.45. The molecule has 0 spiro atoms. The van der Waals surface area contributed by atoms with Gasteiger partial charge in [-0.1, -0.05) is 19.1 Å². The van der Waals surface area contributed by atoms with Crippen molar-refractivity contribution in [3.05, 3.63) is 65.2 Å². The van der Waals surface area contributed by atoms with Gasteiger partial charge < -0.3 is 10.5 Å². The standard InChI is InChI=1S/C17H19F2NO/c1-2-16(20)9-12-3-5-17(6-4-12)21-11-13-7-14(18)10-15(19)8-13/h3-8,10,16H,2,9,11,20H2,1H3. The summed E-state index contributed by atoms with van der Waals surface area (Å²) in [6, 6.07) is 11.1. The highest BCUT2D eigenvalue weighted by molar-refractivity contribution is 5.28. The van der Waals surface area contributed by atoms with E-state index in [2.05, 4.69) is 6.92 Å². The van der Waals surface area contributed by atoms with Gasteiger partial charge in [0.05, 0.1) is 0 Å². The van der Waals surface area contributed by atoms with Crippen molar-refractivity contribution in [1.82, 2.24) is 0 Å². The second-order valence-corrected chi connectivity index (χ2v) is 5.08. The maximum atomic E-state index is 13.1. The van der Waals surface area contributed by atoms with Crippen molar-refractivity contribution in [3.8, 4) is 5.75 Å². The Morgan fingerprint density at radius 2 is 1.62 bits per heavy atom. The highest BCUT2D eigenvalue weighted by atomic mass is 19.1. The van der Waals surface area contributed by atoms with Gasteiger partial charge in [0, 0.05) is 12.1 Å². The molecular weight excluding hydrogens is 272 g/mol. The number of hydrogen-bond acceptors (Lipinski definition) is 2. The summed E-state index contributed by atoms with van der Waals surface area (Å²) in [6.45, 7) is 2.18. The predicted octanol–water partition coefficient (Wildman–Crippen LogP) is 3.82. The van der Waals surface area contributed by atoms with E-state index in [0.717, 1.165) is 24.5 Å². The molecular formula is C17H19F2NO. The van der Waals surface area contributed by atoms with E-state index in [4.69, 9.17) is 10.5 Å². The van der Waals surface area contributed by atoms with Crippen LogP contribution in [0, 0.1) is 11.6 Å². The fourth-order valence-electron chi connectivity index (χ4n) is 2.03. The maximum Gasteiger partial charge on any atom is 0.126 e. The first-order chi connectivity index (χ1) is 10.1. The van der Waals surface area contributed by atoms with E-state index >= 15 is 0 Å². The predicted molar refractivity (Wildman–Crippen MR) is 79.1 cm³/mol. The Bertz CT molecular complexity index is 564. The van der Waals surface area contributed by atoms with Crippen molar-refractivity contribution in [2.75, 3.05) is 0 Å². The molecule has 2 N–H and O–H groups in total. The number of hydrogen-bond donors (Lipinski definition) is 1. The smallest absolute Gasteiger partial charge is 0.126 e. The second-order valence-electron chi connectivity index (χ2n) is 5.08. The lowest BCUT2D eigenvalue weighted by atomic mass is 10.0. The van der Waals surface area contributed by atoms with Crippen LogP contribution >= 0.6 is 0 Å². The first kappa shape index (κ1) is 15.4. The molecule has 0 heterocycles. The van der Waals surface area contributed by atoms with Crippen LogP contribution in [0.25, 0.3) is 0 Å². The van der Waals surface area contributed by atoms with Crippen molar-refractivity contribution in [2.24, 2.45) is 5.73 Å². The van der Waals surface area contributed by atoms with Crippen LogP contribution in [0.5, 0.6) is 5.75 Å². The third-order valence-corrected chi connectivity index (χ3v) is 3.27. The quantitative estimate of drug-likeness (QED) is 0.878. The van der Waals surface area contributed by atoms with Crippen LogP contribution in [0.2, 0.25) is 0 Å². The highest BCUT2D eigenvalue weighted by Gasteiger charge is 2.04. The molecule has 21 heavy (non-hydrogen) atoms. The van der Waals surface area contributed by atoms with E-state index in [9.17, 15) is 8.78 Å². The molecule has 1 atom stereocenters. The van der Waals surface area contributed by atoms with E-state index in [-0.39, 0.29) is 12.6 Å². The Morgan fingerprint density at radius 1 is 1.00 bits per heavy atom. The molecule has 0 radical (unpaired) electrons. The van der Waals surface area contributed by atoms with Crippen LogP contribution in [-0.4, -0.2) is 6.04 Å². The Kier molecular flexibility index (Phi) is 5.28. The molecule has 1 unspecified atom stereocenters. The van der Waals surface area contributed by atoms with Crippen molar-refractivity contribution in [3.63, 3.8) is 0 Å². The largest absolute Gasteiger partial charge is 0.489 e. The third kappa shape index (κ3) is 4.83. The van der Waals surface area contributed by atoms with E-state index in [1.807, 2.05) is 24.3 Å². The molecule has 0 bridgehead atoms. The van der Waals surface area contributed by atoms with Gasteiger partial charge in [-0.05, 0) is 48.2 Å². The van der Waals surface area contributed by atoms with Crippen molar-refractivity contribution < 1.29 is 13.5 Å². The lowest BCUT2D eigenvalue weighted by molar-refractivity contribution is 0.304. The van der Waals surface area contributed by atoms with Crippen LogP contribution in [0.1, 0.15) is 24.5 Å². The minimum Gasteiger partial charge on any atom is -0.489 e. The van der Waals surface area contributed by atoms with Gasteiger partial charge in [-0.25, -0.2) is 8.78 Å². The molecule has 2 aromatic carbocycles. The monoisotopic (exact) mass is 291 g/mol. The van der Waals surface area contributed by atoms with Crippen LogP contribution in [0.4, 0.5) is 8.78 Å². The topological polar surface area (TPSA) is 35.2 Å². The summed E-state index contributed by atoms with van der Waals surface area (Å²) in [7, 11) is 0. The summed E-state index contributed by atoms with van der Waals surface area (Å²) >= 11 is 0. The molecule has 0 amide bonds. The van der Waals surface area contributed by atoms with Gasteiger partial charge in [-0.15, -0.1) is 0 Å². The van der Waals surface area contributed by atoms with Gasteiger partial charge in [0.25, 0.3) is 0 Å². The molecule has 112 valence electrons. The minimum atomic E-state index is -0.600. The highest BCUT2D eigenvalue weighted by Crippen LogP contribution is 2.16. The van der Waals surface area contributed by atoms with Crippen LogP contribution < -0.4 is 10.5 Å². The summed E-state index contributed by atoms with van der Waals surface area (Å²) in [6.07, 6.45) is 1.76. The van der Waals surface area contributed by atoms with Crippen molar-refractivity contribution in [2.45, 2.75) is 32.4 Å². The van der Waals surface area contributed by atoms with Crippen LogP contribution in [-0.2, 0) is 13.0 Å². The molecule has 2 nitrogen and oxygen atoms in total. The van der Waals surface area contributed by atoms with E-state index in [0.29, 0.717) is 11.3 Å². The van der Waals surface area contributed by atoms with E-state index in [1.165, 1.54) is 12.1 Å². The Hall–Kier alpha value is -1.94. The van der Waals surface area contributed by atoms with Gasteiger partial charge in [-0.3, -0.25) is 0 Å². The number of halogens is 2. The van der Waals surface area contributed by atoms with E-state index < -0.39 is 11.6 Å². The normalized spacial score (nSPS) is 12.2. The van der Waals surface area contributed by atoms with Crippen LogP contribution in [0.3, 0.4) is 0 Å². The van der Waals surface area contributed by atoms with Gasteiger partial charge in [0.1, 0.15) is 24.0 Å². The molecule has 0 saturated carbocycles. The summed E-state index contributed by atoms with van der Waals surface area (Å²) in [5, 5.41) is 0. The summed E-state index contributed by atoms with van der Waals surface area (Å²) in [5.41, 5.74) is 7.51. The number of nitrogens with two attached hydrogens (primary N) is 1. The molecule has 0 aliphatic heterocycles.